The Morgan fingerprint density at radius 2 is 1.13 bits per heavy atom. The van der Waals surface area contributed by atoms with Crippen LogP contribution in [-0.4, -0.2) is 11.1 Å². The number of hydrogen-bond acceptors (Lipinski definition) is 1. The van der Waals surface area contributed by atoms with Gasteiger partial charge < -0.3 is 9.47 Å². The molecule has 2 nitrogen and oxygen atoms in total. The summed E-state index contributed by atoms with van der Waals surface area (Å²) in [4.78, 5) is 2.43. The molecule has 1 aromatic heterocycles. The minimum Gasteiger partial charge on any atom is -0.338 e. The first-order valence-corrected chi connectivity index (χ1v) is 20.8. The maximum atomic E-state index is 4.05. The first-order valence-electron chi connectivity index (χ1n) is 20.8. The molecule has 0 amide bonds. The van der Waals surface area contributed by atoms with Crippen LogP contribution < -0.4 is 4.90 Å². The highest BCUT2D eigenvalue weighted by atomic mass is 15.1. The molecule has 0 atom stereocenters. The van der Waals surface area contributed by atoms with Crippen molar-refractivity contribution in [2.24, 2.45) is 0 Å². The molecule has 0 radical (unpaired) electrons. The zero-order chi connectivity index (χ0) is 40.6. The molecule has 0 aliphatic heterocycles. The number of para-hydroxylation sites is 2. The van der Waals surface area contributed by atoms with Crippen LogP contribution in [0.15, 0.2) is 225 Å². The predicted molar refractivity (Wildman–Crippen MR) is 256 cm³/mol. The van der Waals surface area contributed by atoms with Gasteiger partial charge in [0.05, 0.1) is 11.0 Å². The van der Waals surface area contributed by atoms with Crippen LogP contribution in [-0.2, 0) is 5.41 Å². The molecule has 1 aliphatic rings. The molecular formula is C58H46N2. The van der Waals surface area contributed by atoms with Gasteiger partial charge in [0.15, 0.2) is 0 Å². The van der Waals surface area contributed by atoms with Gasteiger partial charge >= 0.3 is 0 Å². The first kappa shape index (κ1) is 36.9. The molecule has 1 aliphatic carbocycles. The summed E-state index contributed by atoms with van der Waals surface area (Å²) in [6.07, 6.45) is 8.47. The van der Waals surface area contributed by atoms with Gasteiger partial charge in [-0.3, -0.25) is 0 Å². The van der Waals surface area contributed by atoms with Crippen molar-refractivity contribution in [1.29, 1.82) is 0 Å². The van der Waals surface area contributed by atoms with Crippen LogP contribution in [0.5, 0.6) is 0 Å². The highest BCUT2D eigenvalue weighted by Crippen LogP contribution is 2.50. The van der Waals surface area contributed by atoms with Crippen molar-refractivity contribution >= 4 is 38.8 Å². The molecule has 0 bridgehead atoms. The molecule has 0 saturated carbocycles. The highest BCUT2D eigenvalue weighted by molar-refractivity contribution is 6.10. The third kappa shape index (κ3) is 6.57. The summed E-state index contributed by atoms with van der Waals surface area (Å²) >= 11 is 0. The number of allylic oxidation sites excluding steroid dienone is 4. The summed E-state index contributed by atoms with van der Waals surface area (Å²) in [6.45, 7) is 9.44. The van der Waals surface area contributed by atoms with Gasteiger partial charge in [0.2, 0.25) is 0 Å². The third-order valence-corrected chi connectivity index (χ3v) is 12.3. The number of fused-ring (bicyclic) bond motifs is 6. The van der Waals surface area contributed by atoms with Crippen LogP contribution in [0, 0.1) is 0 Å². The van der Waals surface area contributed by atoms with Crippen LogP contribution in [0.25, 0.3) is 66.4 Å². The van der Waals surface area contributed by atoms with E-state index in [-0.39, 0.29) is 5.41 Å². The summed E-state index contributed by atoms with van der Waals surface area (Å²) in [5, 5.41) is 2.51. The van der Waals surface area contributed by atoms with Crippen molar-refractivity contribution in [2.75, 3.05) is 11.4 Å². The van der Waals surface area contributed by atoms with E-state index in [1.54, 1.807) is 0 Å². The van der Waals surface area contributed by atoms with Crippen molar-refractivity contribution in [3.05, 3.63) is 242 Å². The minimum absolute atomic E-state index is 0.0959. The normalized spacial score (nSPS) is 13.1. The summed E-state index contributed by atoms with van der Waals surface area (Å²) in [5.41, 5.74) is 18.3. The fraction of sp³-hybridized carbons (Fsp3) is 0.0690. The topological polar surface area (TPSA) is 8.17 Å². The van der Waals surface area contributed by atoms with E-state index in [4.69, 9.17) is 0 Å². The molecule has 0 saturated heterocycles. The quantitative estimate of drug-likeness (QED) is 0.126. The first-order chi connectivity index (χ1) is 29.5. The lowest BCUT2D eigenvalue weighted by Crippen LogP contribution is -2.19. The van der Waals surface area contributed by atoms with Crippen molar-refractivity contribution in [3.8, 4) is 39.1 Å². The largest absolute Gasteiger partial charge is 0.338 e. The van der Waals surface area contributed by atoms with Crippen LogP contribution >= 0.6 is 0 Å². The van der Waals surface area contributed by atoms with E-state index >= 15 is 0 Å². The highest BCUT2D eigenvalue weighted by Gasteiger charge is 2.35. The van der Waals surface area contributed by atoms with Gasteiger partial charge in [0.1, 0.15) is 0 Å². The molecule has 288 valence electrons. The Kier molecular flexibility index (Phi) is 9.47. The smallest absolute Gasteiger partial charge is 0.0541 e. The third-order valence-electron chi connectivity index (χ3n) is 12.3. The Bertz CT molecular complexity index is 3070. The molecular weight excluding hydrogens is 725 g/mol. The number of hydrogen-bond donors (Lipinski definition) is 0. The summed E-state index contributed by atoms with van der Waals surface area (Å²) in [7, 11) is 0. The van der Waals surface area contributed by atoms with Crippen molar-refractivity contribution in [2.45, 2.75) is 19.3 Å². The van der Waals surface area contributed by atoms with Gasteiger partial charge in [-0.05, 0) is 110 Å². The number of rotatable bonds is 10. The molecule has 60 heavy (non-hydrogen) atoms. The SMILES string of the molecule is C=C/C=C(\C=C/CN(c1ccc(-c2ccc3c(c2)c2ccccc2n3-c2ccccc2)cc1)c1ccc2c(c1)C(C)(C)c1ccccc1-2)c1ccc(-c2ccccc2)cc1. The molecule has 0 N–H and O–H groups in total. The van der Waals surface area contributed by atoms with E-state index in [0.717, 1.165) is 16.8 Å². The average molecular weight is 771 g/mol. The summed E-state index contributed by atoms with van der Waals surface area (Å²) in [5.74, 6) is 0. The number of nitrogens with zero attached hydrogens (tertiary/aromatic N) is 2. The van der Waals surface area contributed by atoms with Gasteiger partial charge in [-0.1, -0.05) is 184 Å². The predicted octanol–water partition coefficient (Wildman–Crippen LogP) is 15.4. The van der Waals surface area contributed by atoms with Crippen molar-refractivity contribution < 1.29 is 0 Å². The maximum Gasteiger partial charge on any atom is 0.0541 e. The fourth-order valence-corrected chi connectivity index (χ4v) is 9.21. The molecule has 9 aromatic rings. The summed E-state index contributed by atoms with van der Waals surface area (Å²) in [6, 6.07) is 70.6. The van der Waals surface area contributed by atoms with Crippen molar-refractivity contribution in [1.82, 2.24) is 4.57 Å². The number of benzene rings is 8. The zero-order valence-electron chi connectivity index (χ0n) is 34.1. The van der Waals surface area contributed by atoms with E-state index in [1.165, 1.54) is 77.7 Å². The maximum absolute atomic E-state index is 4.05. The number of anilines is 2. The van der Waals surface area contributed by atoms with Crippen molar-refractivity contribution in [3.63, 3.8) is 0 Å². The second-order valence-corrected chi connectivity index (χ2v) is 16.2. The Labute approximate surface area is 353 Å². The molecule has 2 heteroatoms. The average Bonchev–Trinajstić information content (AvgIpc) is 3.76. The Morgan fingerprint density at radius 1 is 0.533 bits per heavy atom. The number of aromatic nitrogens is 1. The Morgan fingerprint density at radius 3 is 1.92 bits per heavy atom. The van der Waals surface area contributed by atoms with Gasteiger partial charge in [0, 0.05) is 39.8 Å². The van der Waals surface area contributed by atoms with Gasteiger partial charge in [-0.25, -0.2) is 0 Å². The van der Waals surface area contributed by atoms with Crippen LogP contribution in [0.3, 0.4) is 0 Å². The summed E-state index contributed by atoms with van der Waals surface area (Å²) < 4.78 is 2.37. The lowest BCUT2D eigenvalue weighted by atomic mass is 9.82. The standard InChI is InChI=1S/C58H46N2/c1-4-16-41(43-26-28-44(29-27-43)42-17-7-5-8-18-42)19-15-38-59(49-35-36-51-50-22-11-13-24-54(50)58(2,3)55(51)40-49)47-33-30-45(31-34-47)46-32-37-57-53(39-46)52-23-12-14-25-56(52)60(57)48-20-9-6-10-21-48/h4-37,39-40H,1,38H2,2-3H3/b19-15-,41-16+. The van der Waals surface area contributed by atoms with E-state index < -0.39 is 0 Å². The van der Waals surface area contributed by atoms with E-state index in [0.29, 0.717) is 6.54 Å². The van der Waals surface area contributed by atoms with E-state index in [9.17, 15) is 0 Å². The Hall–Kier alpha value is -7.42. The molecule has 0 fully saturated rings. The van der Waals surface area contributed by atoms with Gasteiger partial charge in [-0.2, -0.15) is 0 Å². The van der Waals surface area contributed by atoms with Crippen LogP contribution in [0.1, 0.15) is 30.5 Å². The monoisotopic (exact) mass is 770 g/mol. The van der Waals surface area contributed by atoms with Gasteiger partial charge in [0.25, 0.3) is 0 Å². The Balaban J connectivity index is 1.00. The molecule has 10 rings (SSSR count). The molecule has 0 unspecified atom stereocenters. The lowest BCUT2D eigenvalue weighted by molar-refractivity contribution is 0.660. The fourth-order valence-electron chi connectivity index (χ4n) is 9.21. The lowest BCUT2D eigenvalue weighted by Gasteiger charge is -2.27. The second kappa shape index (κ2) is 15.4. The minimum atomic E-state index is -0.0959. The van der Waals surface area contributed by atoms with E-state index in [2.05, 4.69) is 242 Å². The van der Waals surface area contributed by atoms with Crippen LogP contribution in [0.4, 0.5) is 11.4 Å². The van der Waals surface area contributed by atoms with Crippen LogP contribution in [0.2, 0.25) is 0 Å². The van der Waals surface area contributed by atoms with Gasteiger partial charge in [-0.15, -0.1) is 0 Å². The zero-order valence-corrected chi connectivity index (χ0v) is 34.1. The second-order valence-electron chi connectivity index (χ2n) is 16.2. The van der Waals surface area contributed by atoms with E-state index in [1.807, 2.05) is 6.08 Å². The molecule has 0 spiro atoms. The molecule has 1 heterocycles. The molecule has 8 aromatic carbocycles.